The van der Waals surface area contributed by atoms with Crippen molar-refractivity contribution < 1.29 is 29.3 Å². The van der Waals surface area contributed by atoms with Crippen LogP contribution in [0.25, 0.3) is 5.09 Å². The van der Waals surface area contributed by atoms with Crippen molar-refractivity contribution in [2.45, 2.75) is 44.5 Å². The Hall–Kier alpha value is 1.32. The first-order valence-corrected chi connectivity index (χ1v) is 7.22. The molecule has 0 heterocycles. The molecule has 17 heavy (non-hydrogen) atoms. The molecule has 0 aromatic rings. The van der Waals surface area contributed by atoms with Gasteiger partial charge in [-0.2, -0.15) is 0 Å². The molecule has 107 valence electrons. The summed E-state index contributed by atoms with van der Waals surface area (Å²) in [5.41, 5.74) is -0.194. The van der Waals surface area contributed by atoms with Gasteiger partial charge in [-0.25, -0.2) is 8.73 Å². The van der Waals surface area contributed by atoms with Gasteiger partial charge in [0.15, 0.2) is 0 Å². The molecule has 2 N–H and O–H groups in total. The van der Waals surface area contributed by atoms with Gasteiger partial charge in [-0.15, -0.1) is 9.24 Å². The topological polar surface area (TPSA) is 55.6 Å². The second kappa shape index (κ2) is 10.2. The number of methoxy groups -OCH3 is 1. The average molecular weight is 370 g/mol. The summed E-state index contributed by atoms with van der Waals surface area (Å²) in [7, 11) is 6.30. The third-order valence-electron chi connectivity index (χ3n) is 2.94. The molecule has 1 radical (unpaired) electrons. The Bertz CT molecular complexity index is 195. The predicted molar refractivity (Wildman–Crippen MR) is 75.1 cm³/mol. The van der Waals surface area contributed by atoms with E-state index in [2.05, 4.69) is 33.5 Å². The molecule has 0 aromatic carbocycles. The van der Waals surface area contributed by atoms with Crippen molar-refractivity contribution in [1.29, 1.82) is 0 Å². The maximum Gasteiger partial charge on any atom is 0.0726 e. The summed E-state index contributed by atoms with van der Waals surface area (Å²) in [6.45, 7) is 6.13. The van der Waals surface area contributed by atoms with Crippen molar-refractivity contribution in [3.63, 3.8) is 0 Å². The van der Waals surface area contributed by atoms with Gasteiger partial charge in [0.05, 0.1) is 11.7 Å². The Balaban J connectivity index is 0. The van der Waals surface area contributed by atoms with Gasteiger partial charge < -0.3 is 20.2 Å². The number of rotatable bonds is 8. The summed E-state index contributed by atoms with van der Waals surface area (Å²) in [5.74, 6) is -0.406. The van der Waals surface area contributed by atoms with Crippen LogP contribution in [-0.2, 0) is 24.2 Å². The van der Waals surface area contributed by atoms with Crippen LogP contribution in [0.4, 0.5) is 0 Å². The van der Waals surface area contributed by atoms with Crippen molar-refractivity contribution >= 4 is 18.0 Å². The maximum atomic E-state index is 9.50. The van der Waals surface area contributed by atoms with Gasteiger partial charge in [0.2, 0.25) is 0 Å². The molecule has 0 amide bonds. The van der Waals surface area contributed by atoms with Crippen LogP contribution in [0.2, 0.25) is 0 Å². The van der Waals surface area contributed by atoms with Crippen molar-refractivity contribution in [2.75, 3.05) is 14.2 Å². The molecule has 0 fully saturated rings. The molecule has 6 atom stereocenters. The Morgan fingerprint density at radius 1 is 1.59 bits per heavy atom. The molecule has 0 aliphatic carbocycles. The van der Waals surface area contributed by atoms with Gasteiger partial charge in [-0.3, -0.25) is 0 Å². The van der Waals surface area contributed by atoms with Crippen LogP contribution >= 0.6 is 18.0 Å². The molecule has 0 aliphatic rings. The fourth-order valence-corrected chi connectivity index (χ4v) is 2.73. The Kier molecular flexibility index (Phi) is 12.3. The molecule has 0 spiro atoms. The fourth-order valence-electron chi connectivity index (χ4n) is 1.08. The van der Waals surface area contributed by atoms with E-state index in [0.29, 0.717) is 8.73 Å². The van der Waals surface area contributed by atoms with Gasteiger partial charge >= 0.3 is 0 Å². The number of aliphatic hydroxyl groups excluding tert-OH is 1. The van der Waals surface area contributed by atoms with Crippen LogP contribution in [-0.4, -0.2) is 36.6 Å². The van der Waals surface area contributed by atoms with E-state index in [4.69, 9.17) is 4.74 Å². The maximum absolute atomic E-state index is 9.50. The third-order valence-corrected chi connectivity index (χ3v) is 5.18. The predicted octanol–water partition coefficient (Wildman–Crippen LogP) is 2.10. The molecule has 7 heteroatoms. The summed E-state index contributed by atoms with van der Waals surface area (Å²) < 4.78 is 5.38. The second-order valence-electron chi connectivity index (χ2n) is 4.12. The van der Waals surface area contributed by atoms with Gasteiger partial charge in [-0.05, 0) is 7.05 Å². The number of ether oxygens (including phenoxy) is 1. The van der Waals surface area contributed by atoms with Crippen LogP contribution in [0.15, 0.2) is 0 Å². The first-order chi connectivity index (χ1) is 7.40. The quantitative estimate of drug-likeness (QED) is 0.508. The molecule has 0 saturated heterocycles. The van der Waals surface area contributed by atoms with Gasteiger partial charge in [0.25, 0.3) is 0 Å². The molecule has 6 unspecified atom stereocenters. The van der Waals surface area contributed by atoms with Crippen LogP contribution in [0.3, 0.4) is 0 Å². The van der Waals surface area contributed by atoms with Crippen molar-refractivity contribution in [3.05, 3.63) is 5.09 Å². The SMILES string of the molecule is CCC(C)([N-]PC(OC)C(C)C(O)P)NC.[Rh]. The summed E-state index contributed by atoms with van der Waals surface area (Å²) in [6, 6.07) is 0. The van der Waals surface area contributed by atoms with Crippen LogP contribution < -0.4 is 5.32 Å². The minimum atomic E-state index is -0.449. The van der Waals surface area contributed by atoms with E-state index in [1.165, 1.54) is 0 Å². The van der Waals surface area contributed by atoms with E-state index < -0.39 is 5.85 Å². The number of nitrogens with zero attached hydrogens (tertiary/aromatic N) is 1. The summed E-state index contributed by atoms with van der Waals surface area (Å²) in [6.07, 6.45) is 0.935. The first kappa shape index (κ1) is 20.6. The molecule has 0 aromatic heterocycles. The van der Waals surface area contributed by atoms with E-state index in [0.717, 1.165) is 6.42 Å². The minimum Gasteiger partial charge on any atom is -0.619 e. The molecule has 4 nitrogen and oxygen atoms in total. The van der Waals surface area contributed by atoms with E-state index in [1.807, 2.05) is 14.0 Å². The zero-order chi connectivity index (χ0) is 12.8. The van der Waals surface area contributed by atoms with Crippen LogP contribution in [0.5, 0.6) is 0 Å². The largest absolute Gasteiger partial charge is 0.619 e. The number of aliphatic hydroxyl groups is 1. The molecule has 0 bridgehead atoms. The fraction of sp³-hybridized carbons (Fsp3) is 1.00. The average Bonchev–Trinajstić information content (AvgIpc) is 2.29. The third kappa shape index (κ3) is 7.48. The molecular formula is C10H25N2O2P2Rh-. The summed E-state index contributed by atoms with van der Waals surface area (Å²) in [5, 5.41) is 17.3. The first-order valence-electron chi connectivity index (χ1n) is 5.53. The van der Waals surface area contributed by atoms with Crippen molar-refractivity contribution in [3.8, 4) is 0 Å². The normalized spacial score (nSPS) is 20.6. The zero-order valence-corrected chi connectivity index (χ0v) is 14.9. The van der Waals surface area contributed by atoms with Crippen molar-refractivity contribution in [2.24, 2.45) is 5.92 Å². The van der Waals surface area contributed by atoms with Gasteiger partial charge in [0.1, 0.15) is 0 Å². The summed E-state index contributed by atoms with van der Waals surface area (Å²) >= 11 is 0. The molecular weight excluding hydrogens is 345 g/mol. The van der Waals surface area contributed by atoms with Crippen LogP contribution in [0.1, 0.15) is 27.2 Å². The summed E-state index contributed by atoms with van der Waals surface area (Å²) in [4.78, 5) is 0. The Morgan fingerprint density at radius 3 is 2.41 bits per heavy atom. The second-order valence-corrected chi connectivity index (χ2v) is 5.86. The minimum absolute atomic E-state index is 0. The monoisotopic (exact) mass is 370 g/mol. The molecule has 0 aliphatic heterocycles. The number of nitrogens with one attached hydrogen (secondary N) is 1. The molecule has 0 saturated carbocycles. The van der Waals surface area contributed by atoms with Gasteiger partial charge in [-0.1, -0.05) is 32.9 Å². The van der Waals surface area contributed by atoms with Gasteiger partial charge in [0, 0.05) is 32.5 Å². The smallest absolute Gasteiger partial charge is 0.0726 e. The number of hydrogen-bond donors (Lipinski definition) is 2. The molecule has 0 rings (SSSR count). The Labute approximate surface area is 122 Å². The van der Waals surface area contributed by atoms with E-state index in [9.17, 15) is 5.11 Å². The van der Waals surface area contributed by atoms with E-state index >= 15 is 0 Å². The number of hydrogen-bond acceptors (Lipinski definition) is 3. The van der Waals surface area contributed by atoms with E-state index in [1.54, 1.807) is 7.11 Å². The Morgan fingerprint density at radius 2 is 2.12 bits per heavy atom. The van der Waals surface area contributed by atoms with Crippen LogP contribution in [0, 0.1) is 5.92 Å². The zero-order valence-electron chi connectivity index (χ0n) is 11.2. The standard InChI is InChI=1S/C10H25N2O2P2.Rh/c1-6-10(3,11-4)12-16-9(14-5)7(2)8(13)15;/h7-9,11,13,16H,6,15H2,1-5H3;/q-1;. The van der Waals surface area contributed by atoms with Crippen molar-refractivity contribution in [1.82, 2.24) is 5.32 Å². The van der Waals surface area contributed by atoms with E-state index in [-0.39, 0.29) is 36.9 Å².